The van der Waals surface area contributed by atoms with Crippen molar-refractivity contribution >= 4 is 29.9 Å². The monoisotopic (exact) mass is 434 g/mol. The standard InChI is InChI=1S/C21H22F3N4OP/c1-12-9-13(2)11-14(10-12)18-17(21(22,23)24)19(25)28-20(27-18)26-15-5-7-16(8-6-15)30(3,4)29/h5-11H,1-4H3,(H3,25,26,27,28). The summed E-state index contributed by atoms with van der Waals surface area (Å²) in [7, 11) is -2.41. The summed E-state index contributed by atoms with van der Waals surface area (Å²) in [5.41, 5.74) is 6.83. The van der Waals surface area contributed by atoms with Gasteiger partial charge in [-0.25, -0.2) is 4.98 Å². The summed E-state index contributed by atoms with van der Waals surface area (Å²) in [5, 5.41) is 3.57. The van der Waals surface area contributed by atoms with Crippen LogP contribution in [0.25, 0.3) is 11.3 Å². The van der Waals surface area contributed by atoms with Gasteiger partial charge in [0.2, 0.25) is 5.95 Å². The smallest absolute Gasteiger partial charge is 0.383 e. The molecule has 0 saturated carbocycles. The van der Waals surface area contributed by atoms with Crippen molar-refractivity contribution in [3.05, 3.63) is 59.2 Å². The second-order valence-electron chi connectivity index (χ2n) is 7.55. The molecule has 0 saturated heterocycles. The second kappa shape index (κ2) is 7.76. The lowest BCUT2D eigenvalue weighted by atomic mass is 10.0. The van der Waals surface area contributed by atoms with Gasteiger partial charge >= 0.3 is 6.18 Å². The van der Waals surface area contributed by atoms with Crippen LogP contribution in [0.4, 0.5) is 30.6 Å². The lowest BCUT2D eigenvalue weighted by molar-refractivity contribution is -0.136. The van der Waals surface area contributed by atoms with E-state index in [4.69, 9.17) is 5.73 Å². The van der Waals surface area contributed by atoms with Crippen LogP contribution < -0.4 is 16.4 Å². The average Bonchev–Trinajstić information content (AvgIpc) is 2.59. The number of alkyl halides is 3. The Kier molecular flexibility index (Phi) is 5.65. The maximum absolute atomic E-state index is 13.7. The van der Waals surface area contributed by atoms with Crippen molar-refractivity contribution in [2.24, 2.45) is 0 Å². The minimum atomic E-state index is -4.71. The van der Waals surface area contributed by atoms with Gasteiger partial charge in [-0.3, -0.25) is 0 Å². The van der Waals surface area contributed by atoms with E-state index in [2.05, 4.69) is 15.3 Å². The Bertz CT molecular complexity index is 1120. The molecule has 3 rings (SSSR count). The molecule has 0 unspecified atom stereocenters. The van der Waals surface area contributed by atoms with E-state index in [0.29, 0.717) is 16.6 Å². The first-order valence-electron chi connectivity index (χ1n) is 9.10. The first-order valence-corrected chi connectivity index (χ1v) is 11.7. The molecular formula is C21H22F3N4OP. The number of nitrogens with zero attached hydrogens (tertiary/aromatic N) is 2. The number of aryl methyl sites for hydroxylation is 2. The molecular weight excluding hydrogens is 412 g/mol. The molecule has 1 heterocycles. The normalized spacial score (nSPS) is 12.1. The van der Waals surface area contributed by atoms with Gasteiger partial charge in [-0.2, -0.15) is 18.2 Å². The highest BCUT2D eigenvalue weighted by Gasteiger charge is 2.38. The summed E-state index contributed by atoms with van der Waals surface area (Å²) in [5.74, 6) is -0.712. The van der Waals surface area contributed by atoms with E-state index < -0.39 is 24.7 Å². The van der Waals surface area contributed by atoms with E-state index in [-0.39, 0.29) is 11.6 Å². The van der Waals surface area contributed by atoms with Gasteiger partial charge < -0.3 is 15.6 Å². The Morgan fingerprint density at radius 1 is 0.967 bits per heavy atom. The molecule has 1 aromatic heterocycles. The van der Waals surface area contributed by atoms with Crippen LogP contribution in [0.2, 0.25) is 0 Å². The Morgan fingerprint density at radius 2 is 1.53 bits per heavy atom. The van der Waals surface area contributed by atoms with Gasteiger partial charge in [0.15, 0.2) is 0 Å². The number of nitrogens with one attached hydrogen (secondary N) is 1. The number of hydrogen-bond acceptors (Lipinski definition) is 5. The van der Waals surface area contributed by atoms with Gasteiger partial charge in [0.25, 0.3) is 0 Å². The van der Waals surface area contributed by atoms with Crippen LogP contribution in [-0.4, -0.2) is 23.3 Å². The fourth-order valence-corrected chi connectivity index (χ4v) is 4.03. The van der Waals surface area contributed by atoms with Gasteiger partial charge in [0, 0.05) is 16.6 Å². The minimum absolute atomic E-state index is 0.0569. The number of benzene rings is 2. The highest BCUT2D eigenvalue weighted by atomic mass is 31.2. The average molecular weight is 434 g/mol. The quantitative estimate of drug-likeness (QED) is 0.541. The van der Waals surface area contributed by atoms with Crippen LogP contribution in [0.15, 0.2) is 42.5 Å². The third-order valence-corrected chi connectivity index (χ3v) is 6.00. The zero-order chi connectivity index (χ0) is 22.3. The molecule has 158 valence electrons. The third kappa shape index (κ3) is 4.82. The highest BCUT2D eigenvalue weighted by molar-refractivity contribution is 7.70. The molecule has 0 aliphatic carbocycles. The van der Waals surface area contributed by atoms with Crippen LogP contribution in [0.5, 0.6) is 0 Å². The fourth-order valence-electron chi connectivity index (χ4n) is 3.17. The van der Waals surface area contributed by atoms with Gasteiger partial charge in [-0.15, -0.1) is 0 Å². The van der Waals surface area contributed by atoms with Crippen molar-refractivity contribution in [1.29, 1.82) is 0 Å². The van der Waals surface area contributed by atoms with E-state index in [1.165, 1.54) is 0 Å². The Hall–Kier alpha value is -2.86. The lowest BCUT2D eigenvalue weighted by Gasteiger charge is -2.17. The number of hydrogen-bond donors (Lipinski definition) is 2. The van der Waals surface area contributed by atoms with E-state index >= 15 is 0 Å². The van der Waals surface area contributed by atoms with Crippen LogP contribution in [0.3, 0.4) is 0 Å². The van der Waals surface area contributed by atoms with E-state index in [0.717, 1.165) is 11.1 Å². The van der Waals surface area contributed by atoms with E-state index in [9.17, 15) is 17.7 Å². The molecule has 0 radical (unpaired) electrons. The zero-order valence-corrected chi connectivity index (χ0v) is 17.9. The van der Waals surface area contributed by atoms with Crippen LogP contribution >= 0.6 is 7.14 Å². The minimum Gasteiger partial charge on any atom is -0.383 e. The number of halogens is 3. The molecule has 0 aliphatic rings. The first kappa shape index (κ1) is 21.8. The molecule has 2 aromatic carbocycles. The van der Waals surface area contributed by atoms with Gasteiger partial charge in [-0.05, 0) is 63.6 Å². The van der Waals surface area contributed by atoms with Crippen LogP contribution in [0, 0.1) is 13.8 Å². The fraction of sp³-hybridized carbons (Fsp3) is 0.238. The van der Waals surface area contributed by atoms with Gasteiger partial charge in [0.1, 0.15) is 18.5 Å². The van der Waals surface area contributed by atoms with Crippen molar-refractivity contribution in [1.82, 2.24) is 9.97 Å². The molecule has 3 N–H and O–H groups in total. The molecule has 0 atom stereocenters. The second-order valence-corrected chi connectivity index (χ2v) is 10.8. The maximum Gasteiger partial charge on any atom is 0.422 e. The van der Waals surface area contributed by atoms with Crippen LogP contribution in [0.1, 0.15) is 16.7 Å². The van der Waals surface area contributed by atoms with Crippen molar-refractivity contribution < 1.29 is 17.7 Å². The molecule has 0 fully saturated rings. The lowest BCUT2D eigenvalue weighted by Crippen LogP contribution is -2.15. The predicted octanol–water partition coefficient (Wildman–Crippen LogP) is 5.35. The van der Waals surface area contributed by atoms with Crippen molar-refractivity contribution in [3.63, 3.8) is 0 Å². The third-order valence-electron chi connectivity index (χ3n) is 4.46. The molecule has 30 heavy (non-hydrogen) atoms. The molecule has 0 aliphatic heterocycles. The topological polar surface area (TPSA) is 80.9 Å². The van der Waals surface area contributed by atoms with Crippen molar-refractivity contribution in [2.45, 2.75) is 20.0 Å². The van der Waals surface area contributed by atoms with Gasteiger partial charge in [-0.1, -0.05) is 17.2 Å². The number of aromatic nitrogens is 2. The zero-order valence-electron chi connectivity index (χ0n) is 17.0. The number of nitrogen functional groups attached to an aromatic ring is 1. The van der Waals surface area contributed by atoms with Crippen molar-refractivity contribution in [3.8, 4) is 11.3 Å². The first-order chi connectivity index (χ1) is 13.8. The molecule has 0 amide bonds. The summed E-state index contributed by atoms with van der Waals surface area (Å²) in [6, 6.07) is 11.8. The Balaban J connectivity index is 2.09. The summed E-state index contributed by atoms with van der Waals surface area (Å²) in [4.78, 5) is 7.96. The van der Waals surface area contributed by atoms with Crippen molar-refractivity contribution in [2.75, 3.05) is 24.4 Å². The highest BCUT2D eigenvalue weighted by Crippen LogP contribution is 2.40. The number of anilines is 3. The number of rotatable bonds is 4. The Morgan fingerprint density at radius 3 is 2.03 bits per heavy atom. The molecule has 3 aromatic rings. The van der Waals surface area contributed by atoms with E-state index in [1.54, 1.807) is 63.6 Å². The maximum atomic E-state index is 13.7. The summed E-state index contributed by atoms with van der Waals surface area (Å²) >= 11 is 0. The molecule has 0 spiro atoms. The largest absolute Gasteiger partial charge is 0.422 e. The Labute approximate surface area is 172 Å². The predicted molar refractivity (Wildman–Crippen MR) is 115 cm³/mol. The van der Waals surface area contributed by atoms with Crippen LogP contribution in [-0.2, 0) is 10.7 Å². The molecule has 9 heteroatoms. The molecule has 0 bridgehead atoms. The SMILES string of the molecule is Cc1cc(C)cc(-c2nc(Nc3ccc(P(C)(C)=O)cc3)nc(N)c2C(F)(F)F)c1. The summed E-state index contributed by atoms with van der Waals surface area (Å²) in [6.45, 7) is 6.92. The molecule has 5 nitrogen and oxygen atoms in total. The van der Waals surface area contributed by atoms with Gasteiger partial charge in [0.05, 0.1) is 5.69 Å². The summed E-state index contributed by atoms with van der Waals surface area (Å²) in [6.07, 6.45) is -4.71. The number of nitrogens with two attached hydrogens (primary N) is 1. The summed E-state index contributed by atoms with van der Waals surface area (Å²) < 4.78 is 53.3. The van der Waals surface area contributed by atoms with E-state index in [1.807, 2.05) is 6.07 Å².